The standard InChI is InChI=1S/C19H13FN6O/c20-16-7-11(8-21)1-2-13(16)10-27-14-5-3-12(4-6-14)17-15(9-22)18(23)26-19(24)25-17/h1-7H,10H2,(H4,23,24,25,26). The Kier molecular flexibility index (Phi) is 4.82. The molecular formula is C19H13FN6O. The van der Waals surface area contributed by atoms with E-state index >= 15 is 0 Å². The number of aromatic nitrogens is 2. The summed E-state index contributed by atoms with van der Waals surface area (Å²) in [5.74, 6) is -0.0259. The topological polar surface area (TPSA) is 135 Å². The van der Waals surface area contributed by atoms with Gasteiger partial charge < -0.3 is 16.2 Å². The lowest BCUT2D eigenvalue weighted by atomic mass is 10.1. The second-order valence-electron chi connectivity index (χ2n) is 5.53. The Morgan fingerprint density at radius 2 is 1.74 bits per heavy atom. The van der Waals surface area contributed by atoms with E-state index in [2.05, 4.69) is 9.97 Å². The van der Waals surface area contributed by atoms with Crippen molar-refractivity contribution in [1.29, 1.82) is 10.5 Å². The molecule has 0 unspecified atom stereocenters. The predicted octanol–water partition coefficient (Wildman–Crippen LogP) is 2.77. The number of nitrogens with zero attached hydrogens (tertiary/aromatic N) is 4. The number of anilines is 2. The summed E-state index contributed by atoms with van der Waals surface area (Å²) < 4.78 is 19.5. The fourth-order valence-electron chi connectivity index (χ4n) is 2.42. The third-order valence-electron chi connectivity index (χ3n) is 3.77. The van der Waals surface area contributed by atoms with Crippen molar-refractivity contribution >= 4 is 11.8 Å². The summed E-state index contributed by atoms with van der Waals surface area (Å²) in [6, 6.07) is 14.7. The SMILES string of the molecule is N#Cc1ccc(COc2ccc(-c3nc(N)nc(N)c3C#N)cc2)c(F)c1. The van der Waals surface area contributed by atoms with Crippen LogP contribution in [0.1, 0.15) is 16.7 Å². The molecule has 0 aliphatic heterocycles. The third-order valence-corrected chi connectivity index (χ3v) is 3.77. The number of ether oxygens (including phenoxy) is 1. The van der Waals surface area contributed by atoms with Gasteiger partial charge in [-0.2, -0.15) is 15.5 Å². The minimum atomic E-state index is -0.503. The molecule has 7 nitrogen and oxygen atoms in total. The summed E-state index contributed by atoms with van der Waals surface area (Å²) in [7, 11) is 0. The Morgan fingerprint density at radius 3 is 2.37 bits per heavy atom. The third kappa shape index (κ3) is 3.75. The number of hydrogen-bond acceptors (Lipinski definition) is 7. The number of rotatable bonds is 4. The molecule has 0 aliphatic carbocycles. The van der Waals surface area contributed by atoms with Gasteiger partial charge in [0.05, 0.1) is 17.3 Å². The molecule has 1 heterocycles. The van der Waals surface area contributed by atoms with E-state index in [9.17, 15) is 9.65 Å². The average molecular weight is 360 g/mol. The first-order valence-corrected chi connectivity index (χ1v) is 7.76. The molecule has 0 amide bonds. The number of nitrogen functional groups attached to an aromatic ring is 2. The molecule has 0 bridgehead atoms. The Balaban J connectivity index is 1.79. The van der Waals surface area contributed by atoms with Gasteiger partial charge in [0, 0.05) is 11.1 Å². The zero-order chi connectivity index (χ0) is 19.4. The molecule has 0 atom stereocenters. The van der Waals surface area contributed by atoms with Crippen LogP contribution in [0.4, 0.5) is 16.2 Å². The predicted molar refractivity (Wildman–Crippen MR) is 96.5 cm³/mol. The van der Waals surface area contributed by atoms with Crippen LogP contribution in [-0.2, 0) is 6.61 Å². The van der Waals surface area contributed by atoms with Crippen molar-refractivity contribution in [3.63, 3.8) is 0 Å². The van der Waals surface area contributed by atoms with E-state index in [4.69, 9.17) is 21.5 Å². The van der Waals surface area contributed by atoms with Crippen LogP contribution in [0.25, 0.3) is 11.3 Å². The van der Waals surface area contributed by atoms with Gasteiger partial charge in [0.2, 0.25) is 5.95 Å². The van der Waals surface area contributed by atoms with Crippen molar-refractivity contribution in [2.45, 2.75) is 6.61 Å². The zero-order valence-corrected chi connectivity index (χ0v) is 14.0. The molecule has 8 heteroatoms. The van der Waals surface area contributed by atoms with Gasteiger partial charge in [-0.3, -0.25) is 0 Å². The molecule has 4 N–H and O–H groups in total. The van der Waals surface area contributed by atoms with E-state index < -0.39 is 5.82 Å². The van der Waals surface area contributed by atoms with Crippen LogP contribution in [-0.4, -0.2) is 9.97 Å². The molecule has 0 fully saturated rings. The molecule has 2 aromatic carbocycles. The molecule has 27 heavy (non-hydrogen) atoms. The minimum Gasteiger partial charge on any atom is -0.489 e. The molecule has 0 saturated carbocycles. The first-order chi connectivity index (χ1) is 13.0. The van der Waals surface area contributed by atoms with Gasteiger partial charge in [-0.1, -0.05) is 6.07 Å². The number of nitrogens with two attached hydrogens (primary N) is 2. The van der Waals surface area contributed by atoms with Crippen molar-refractivity contribution in [2.75, 3.05) is 11.5 Å². The fraction of sp³-hybridized carbons (Fsp3) is 0.0526. The molecule has 3 rings (SSSR count). The summed E-state index contributed by atoms with van der Waals surface area (Å²) in [5, 5.41) is 18.0. The van der Waals surface area contributed by atoms with E-state index in [1.807, 2.05) is 12.1 Å². The molecule has 0 saturated heterocycles. The Morgan fingerprint density at radius 1 is 1.00 bits per heavy atom. The monoisotopic (exact) mass is 360 g/mol. The maximum atomic E-state index is 13.9. The molecule has 3 aromatic rings. The largest absolute Gasteiger partial charge is 0.489 e. The van der Waals surface area contributed by atoms with E-state index in [1.165, 1.54) is 12.1 Å². The van der Waals surface area contributed by atoms with E-state index in [1.54, 1.807) is 24.3 Å². The van der Waals surface area contributed by atoms with Crippen LogP contribution < -0.4 is 16.2 Å². The second kappa shape index (κ2) is 7.38. The quantitative estimate of drug-likeness (QED) is 0.730. The first kappa shape index (κ1) is 17.6. The number of hydrogen-bond donors (Lipinski definition) is 2. The van der Waals surface area contributed by atoms with Crippen molar-refractivity contribution in [3.05, 3.63) is 65.0 Å². The lowest BCUT2D eigenvalue weighted by Crippen LogP contribution is -2.05. The van der Waals surface area contributed by atoms with E-state index in [0.717, 1.165) is 6.07 Å². The summed E-state index contributed by atoms with van der Waals surface area (Å²) in [4.78, 5) is 7.85. The normalized spacial score (nSPS) is 10.0. The van der Waals surface area contributed by atoms with Crippen molar-refractivity contribution in [2.24, 2.45) is 0 Å². The zero-order valence-electron chi connectivity index (χ0n) is 14.0. The molecule has 0 radical (unpaired) electrons. The highest BCUT2D eigenvalue weighted by atomic mass is 19.1. The first-order valence-electron chi connectivity index (χ1n) is 7.76. The van der Waals surface area contributed by atoms with Gasteiger partial charge in [0.15, 0.2) is 0 Å². The summed E-state index contributed by atoms with van der Waals surface area (Å²) >= 11 is 0. The minimum absolute atomic E-state index is 0.00768. The lowest BCUT2D eigenvalue weighted by Gasteiger charge is -2.09. The van der Waals surface area contributed by atoms with Gasteiger partial charge >= 0.3 is 0 Å². The van der Waals surface area contributed by atoms with Gasteiger partial charge in [-0.15, -0.1) is 0 Å². The van der Waals surface area contributed by atoms with Gasteiger partial charge in [0.25, 0.3) is 0 Å². The van der Waals surface area contributed by atoms with Crippen molar-refractivity contribution in [3.8, 4) is 29.1 Å². The molecule has 0 spiro atoms. The number of benzene rings is 2. The molecular weight excluding hydrogens is 347 g/mol. The highest BCUT2D eigenvalue weighted by molar-refractivity contribution is 5.73. The van der Waals surface area contributed by atoms with Crippen molar-refractivity contribution < 1.29 is 9.13 Å². The molecule has 0 aliphatic rings. The van der Waals surface area contributed by atoms with E-state index in [0.29, 0.717) is 22.6 Å². The second-order valence-corrected chi connectivity index (χ2v) is 5.53. The van der Waals surface area contributed by atoms with Crippen LogP contribution in [0.3, 0.4) is 0 Å². The van der Waals surface area contributed by atoms with Crippen LogP contribution in [0.2, 0.25) is 0 Å². The van der Waals surface area contributed by atoms with Gasteiger partial charge in [-0.25, -0.2) is 9.37 Å². The average Bonchev–Trinajstić information content (AvgIpc) is 2.67. The fourth-order valence-corrected chi connectivity index (χ4v) is 2.42. The van der Waals surface area contributed by atoms with Crippen molar-refractivity contribution in [1.82, 2.24) is 9.97 Å². The number of halogens is 1. The van der Waals surface area contributed by atoms with Gasteiger partial charge in [0.1, 0.15) is 35.6 Å². The van der Waals surface area contributed by atoms with Crippen LogP contribution in [0, 0.1) is 28.5 Å². The van der Waals surface area contributed by atoms with Gasteiger partial charge in [-0.05, 0) is 36.4 Å². The Bertz CT molecular complexity index is 1080. The molecule has 1 aromatic heterocycles. The van der Waals surface area contributed by atoms with Crippen LogP contribution >= 0.6 is 0 Å². The smallest absolute Gasteiger partial charge is 0.222 e. The summed E-state index contributed by atoms with van der Waals surface area (Å²) in [6.07, 6.45) is 0. The summed E-state index contributed by atoms with van der Waals surface area (Å²) in [6.45, 7) is 0.00768. The van der Waals surface area contributed by atoms with E-state index in [-0.39, 0.29) is 29.5 Å². The summed E-state index contributed by atoms with van der Waals surface area (Å²) in [5.41, 5.74) is 13.0. The Hall–Kier alpha value is -4.17. The Labute approximate surface area is 154 Å². The highest BCUT2D eigenvalue weighted by Crippen LogP contribution is 2.27. The highest BCUT2D eigenvalue weighted by Gasteiger charge is 2.13. The molecule has 132 valence electrons. The lowest BCUT2D eigenvalue weighted by molar-refractivity contribution is 0.300. The maximum Gasteiger partial charge on any atom is 0.222 e. The maximum absolute atomic E-state index is 13.9. The van der Waals surface area contributed by atoms with Crippen LogP contribution in [0.5, 0.6) is 5.75 Å². The number of nitriles is 2. The van der Waals surface area contributed by atoms with Crippen LogP contribution in [0.15, 0.2) is 42.5 Å².